The largest absolute Gasteiger partial charge is 0.357 e. The molecule has 0 radical (unpaired) electrons. The number of amides is 2. The van der Waals surface area contributed by atoms with Crippen molar-refractivity contribution >= 4 is 40.7 Å². The third-order valence-electron chi connectivity index (χ3n) is 4.48. The Morgan fingerprint density at radius 1 is 1.03 bits per heavy atom. The van der Waals surface area contributed by atoms with Gasteiger partial charge >= 0.3 is 0 Å². The van der Waals surface area contributed by atoms with E-state index in [1.165, 1.54) is 0 Å². The maximum Gasteiger partial charge on any atom is 0.261 e. The Hall–Kier alpha value is -2.64. The highest BCUT2D eigenvalue weighted by Gasteiger charge is 2.26. The van der Waals surface area contributed by atoms with Crippen molar-refractivity contribution < 1.29 is 9.59 Å². The predicted octanol–water partition coefficient (Wildman–Crippen LogP) is 3.18. The van der Waals surface area contributed by atoms with Crippen LogP contribution in [0.15, 0.2) is 54.6 Å². The molecule has 0 aliphatic heterocycles. The van der Waals surface area contributed by atoms with Gasteiger partial charge in [0.15, 0.2) is 5.11 Å². The first-order valence-corrected chi connectivity index (χ1v) is 10.1. The molecule has 2 unspecified atom stereocenters. The second-order valence-corrected chi connectivity index (χ2v) is 7.47. The summed E-state index contributed by atoms with van der Waals surface area (Å²) in [7, 11) is 0. The number of benzene rings is 2. The van der Waals surface area contributed by atoms with E-state index in [9.17, 15) is 9.59 Å². The van der Waals surface area contributed by atoms with Gasteiger partial charge in [-0.3, -0.25) is 20.4 Å². The second kappa shape index (κ2) is 11.4. The van der Waals surface area contributed by atoms with Gasteiger partial charge in [0.1, 0.15) is 6.04 Å². The molecule has 0 aromatic heterocycles. The average molecular weight is 433 g/mol. The fraction of sp³-hybridized carbons (Fsp3) is 0.286. The lowest BCUT2D eigenvalue weighted by Crippen LogP contribution is -2.56. The van der Waals surface area contributed by atoms with Crippen molar-refractivity contribution in [1.82, 2.24) is 21.5 Å². The minimum atomic E-state index is -0.715. The van der Waals surface area contributed by atoms with E-state index in [2.05, 4.69) is 21.5 Å². The molecule has 0 saturated heterocycles. The SMILES string of the molecule is CCC(C)C(NC(=O)c1ccc(Cl)cc1)C(=O)NNC(=S)NCc1ccccc1. The Kier molecular flexibility index (Phi) is 8.89. The molecular weight excluding hydrogens is 408 g/mol. The van der Waals surface area contributed by atoms with E-state index < -0.39 is 6.04 Å². The molecule has 0 saturated carbocycles. The number of rotatable bonds is 7. The molecular formula is C21H25ClN4O2S. The van der Waals surface area contributed by atoms with Crippen LogP contribution in [0.1, 0.15) is 36.2 Å². The first kappa shape index (κ1) is 22.6. The van der Waals surface area contributed by atoms with E-state index in [1.807, 2.05) is 44.2 Å². The van der Waals surface area contributed by atoms with Gasteiger partial charge < -0.3 is 10.6 Å². The first-order chi connectivity index (χ1) is 13.9. The number of hydrogen-bond donors (Lipinski definition) is 4. The normalized spacial score (nSPS) is 12.4. The number of thiocarbonyl (C=S) groups is 1. The summed E-state index contributed by atoms with van der Waals surface area (Å²) in [4.78, 5) is 25.1. The molecule has 29 heavy (non-hydrogen) atoms. The average Bonchev–Trinajstić information content (AvgIpc) is 2.74. The first-order valence-electron chi connectivity index (χ1n) is 9.34. The zero-order valence-corrected chi connectivity index (χ0v) is 17.9. The molecule has 2 aromatic carbocycles. The van der Waals surface area contributed by atoms with Gasteiger partial charge in [-0.25, -0.2) is 0 Å². The van der Waals surface area contributed by atoms with Gasteiger partial charge in [-0.1, -0.05) is 62.2 Å². The van der Waals surface area contributed by atoms with Crippen LogP contribution in [0.3, 0.4) is 0 Å². The monoisotopic (exact) mass is 432 g/mol. The summed E-state index contributed by atoms with van der Waals surface area (Å²) in [6, 6.07) is 15.5. The summed E-state index contributed by atoms with van der Waals surface area (Å²) < 4.78 is 0. The quantitative estimate of drug-likeness (QED) is 0.399. The summed E-state index contributed by atoms with van der Waals surface area (Å²) in [6.45, 7) is 4.39. The number of hydrogen-bond acceptors (Lipinski definition) is 3. The van der Waals surface area contributed by atoms with Crippen LogP contribution < -0.4 is 21.5 Å². The molecule has 2 amide bonds. The van der Waals surface area contributed by atoms with Gasteiger partial charge in [0.2, 0.25) is 0 Å². The molecule has 2 atom stereocenters. The van der Waals surface area contributed by atoms with Crippen LogP contribution in [0.25, 0.3) is 0 Å². The molecule has 6 nitrogen and oxygen atoms in total. The Balaban J connectivity index is 1.89. The number of hydrazine groups is 1. The van der Waals surface area contributed by atoms with Crippen LogP contribution in [0.5, 0.6) is 0 Å². The van der Waals surface area contributed by atoms with Crippen molar-refractivity contribution in [3.63, 3.8) is 0 Å². The van der Waals surface area contributed by atoms with E-state index in [-0.39, 0.29) is 22.8 Å². The number of carbonyl (C=O) groups excluding carboxylic acids is 2. The number of carbonyl (C=O) groups is 2. The lowest BCUT2D eigenvalue weighted by molar-refractivity contribution is -0.124. The molecule has 0 aliphatic rings. The van der Waals surface area contributed by atoms with Crippen molar-refractivity contribution in [3.8, 4) is 0 Å². The van der Waals surface area contributed by atoms with Crippen LogP contribution >= 0.6 is 23.8 Å². The van der Waals surface area contributed by atoms with Gasteiger partial charge in [-0.2, -0.15) is 0 Å². The Labute approximate surface area is 181 Å². The van der Waals surface area contributed by atoms with E-state index >= 15 is 0 Å². The lowest BCUT2D eigenvalue weighted by Gasteiger charge is -2.24. The standard InChI is InChI=1S/C21H25ClN4O2S/c1-3-14(2)18(24-19(27)16-9-11-17(22)12-10-16)20(28)25-26-21(29)23-13-15-7-5-4-6-8-15/h4-12,14,18H,3,13H2,1-2H3,(H,24,27)(H,25,28)(H2,23,26,29). The molecule has 0 fully saturated rings. The summed E-state index contributed by atoms with van der Waals surface area (Å²) >= 11 is 11.1. The van der Waals surface area contributed by atoms with Crippen LogP contribution in [0, 0.1) is 5.92 Å². The fourth-order valence-corrected chi connectivity index (χ4v) is 2.80. The van der Waals surface area contributed by atoms with Crippen molar-refractivity contribution in [1.29, 1.82) is 0 Å². The Bertz CT molecular complexity index is 830. The Morgan fingerprint density at radius 3 is 2.31 bits per heavy atom. The molecule has 0 bridgehead atoms. The highest BCUT2D eigenvalue weighted by molar-refractivity contribution is 7.80. The van der Waals surface area contributed by atoms with E-state index in [4.69, 9.17) is 23.8 Å². The van der Waals surface area contributed by atoms with Crippen LogP contribution in [0.2, 0.25) is 5.02 Å². The van der Waals surface area contributed by atoms with Crippen molar-refractivity contribution in [2.45, 2.75) is 32.9 Å². The summed E-state index contributed by atoms with van der Waals surface area (Å²) in [5.74, 6) is -0.781. The molecule has 154 valence electrons. The molecule has 0 spiro atoms. The maximum atomic E-state index is 12.6. The van der Waals surface area contributed by atoms with Crippen molar-refractivity contribution in [3.05, 3.63) is 70.7 Å². The number of halogens is 1. The van der Waals surface area contributed by atoms with Gasteiger partial charge in [0.25, 0.3) is 11.8 Å². The van der Waals surface area contributed by atoms with Crippen LogP contribution in [0.4, 0.5) is 0 Å². The fourth-order valence-electron chi connectivity index (χ4n) is 2.55. The number of nitrogens with one attached hydrogen (secondary N) is 4. The minimum Gasteiger partial charge on any atom is -0.357 e. The zero-order valence-electron chi connectivity index (χ0n) is 16.4. The van der Waals surface area contributed by atoms with Crippen molar-refractivity contribution in [2.24, 2.45) is 5.92 Å². The minimum absolute atomic E-state index is 0.0705. The second-order valence-electron chi connectivity index (χ2n) is 6.63. The Morgan fingerprint density at radius 2 is 1.69 bits per heavy atom. The summed E-state index contributed by atoms with van der Waals surface area (Å²) in [5.41, 5.74) is 6.76. The summed E-state index contributed by atoms with van der Waals surface area (Å²) in [6.07, 6.45) is 0.718. The smallest absolute Gasteiger partial charge is 0.261 e. The van der Waals surface area contributed by atoms with Crippen molar-refractivity contribution in [2.75, 3.05) is 0 Å². The highest BCUT2D eigenvalue weighted by atomic mass is 35.5. The molecule has 0 aliphatic carbocycles. The molecule has 2 aromatic rings. The molecule has 0 heterocycles. The maximum absolute atomic E-state index is 12.6. The van der Waals surface area contributed by atoms with Gasteiger partial charge in [0, 0.05) is 17.1 Å². The third-order valence-corrected chi connectivity index (χ3v) is 4.98. The van der Waals surface area contributed by atoms with Gasteiger partial charge in [-0.15, -0.1) is 0 Å². The van der Waals surface area contributed by atoms with Crippen LogP contribution in [-0.2, 0) is 11.3 Å². The third kappa shape index (κ3) is 7.36. The van der Waals surface area contributed by atoms with E-state index in [1.54, 1.807) is 24.3 Å². The van der Waals surface area contributed by atoms with Crippen LogP contribution in [-0.4, -0.2) is 23.0 Å². The topological polar surface area (TPSA) is 82.3 Å². The zero-order chi connectivity index (χ0) is 21.2. The van der Waals surface area contributed by atoms with Gasteiger partial charge in [0.05, 0.1) is 0 Å². The van der Waals surface area contributed by atoms with E-state index in [0.717, 1.165) is 12.0 Å². The predicted molar refractivity (Wildman–Crippen MR) is 119 cm³/mol. The molecule has 2 rings (SSSR count). The van der Waals surface area contributed by atoms with E-state index in [0.29, 0.717) is 17.1 Å². The molecule has 4 N–H and O–H groups in total. The summed E-state index contributed by atoms with van der Waals surface area (Å²) in [5, 5.41) is 6.63. The lowest BCUT2D eigenvalue weighted by atomic mass is 9.98. The highest BCUT2D eigenvalue weighted by Crippen LogP contribution is 2.12. The van der Waals surface area contributed by atoms with Gasteiger partial charge in [-0.05, 0) is 48.0 Å². The molecule has 8 heteroatoms.